The lowest BCUT2D eigenvalue weighted by atomic mass is 9.94. The summed E-state index contributed by atoms with van der Waals surface area (Å²) in [7, 11) is 0. The number of amides is 1. The summed E-state index contributed by atoms with van der Waals surface area (Å²) in [5, 5.41) is 6.63. The standard InChI is InChI=1S/C16H29N3O/c20-16(13-5-4-9-17-11-13)18-14-8-10-19(12-14)15-6-2-1-3-7-15/h13-15,17H,1-12H2,(H,18,20). The summed E-state index contributed by atoms with van der Waals surface area (Å²) in [5.74, 6) is 0.486. The molecule has 20 heavy (non-hydrogen) atoms. The molecule has 0 spiro atoms. The fourth-order valence-corrected chi connectivity index (χ4v) is 4.08. The number of rotatable bonds is 3. The van der Waals surface area contributed by atoms with Crippen LogP contribution >= 0.6 is 0 Å². The molecule has 0 aromatic heterocycles. The first-order valence-corrected chi connectivity index (χ1v) is 8.58. The van der Waals surface area contributed by atoms with Crippen LogP contribution in [0.2, 0.25) is 0 Å². The zero-order chi connectivity index (χ0) is 13.8. The summed E-state index contributed by atoms with van der Waals surface area (Å²) >= 11 is 0. The molecule has 0 aromatic rings. The summed E-state index contributed by atoms with van der Waals surface area (Å²) in [5.41, 5.74) is 0. The van der Waals surface area contributed by atoms with E-state index >= 15 is 0 Å². The van der Waals surface area contributed by atoms with Gasteiger partial charge in [-0.1, -0.05) is 19.3 Å². The molecule has 3 rings (SSSR count). The van der Waals surface area contributed by atoms with Gasteiger partial charge in [-0.05, 0) is 38.6 Å². The minimum absolute atomic E-state index is 0.201. The number of piperidine rings is 1. The number of hydrogen-bond donors (Lipinski definition) is 2. The SMILES string of the molecule is O=C(NC1CCN(C2CCCCC2)C1)C1CCCNC1. The molecular formula is C16H29N3O. The largest absolute Gasteiger partial charge is 0.352 e. The third-order valence-electron chi connectivity index (χ3n) is 5.32. The Kier molecular flexibility index (Phi) is 4.94. The lowest BCUT2D eigenvalue weighted by molar-refractivity contribution is -0.126. The van der Waals surface area contributed by atoms with Crippen molar-refractivity contribution in [2.24, 2.45) is 5.92 Å². The maximum absolute atomic E-state index is 12.3. The molecule has 0 radical (unpaired) electrons. The van der Waals surface area contributed by atoms with Gasteiger partial charge in [-0.2, -0.15) is 0 Å². The molecule has 2 atom stereocenters. The fourth-order valence-electron chi connectivity index (χ4n) is 4.08. The van der Waals surface area contributed by atoms with Crippen molar-refractivity contribution in [3.63, 3.8) is 0 Å². The van der Waals surface area contributed by atoms with E-state index in [1.807, 2.05) is 0 Å². The molecule has 2 N–H and O–H groups in total. The van der Waals surface area contributed by atoms with Gasteiger partial charge in [0.2, 0.25) is 5.91 Å². The number of carbonyl (C=O) groups is 1. The van der Waals surface area contributed by atoms with E-state index in [-0.39, 0.29) is 11.8 Å². The van der Waals surface area contributed by atoms with Crippen LogP contribution < -0.4 is 10.6 Å². The number of carbonyl (C=O) groups excluding carboxylic acids is 1. The van der Waals surface area contributed by atoms with Crippen molar-refractivity contribution in [3.8, 4) is 0 Å². The van der Waals surface area contributed by atoms with Crippen molar-refractivity contribution >= 4 is 5.91 Å². The van der Waals surface area contributed by atoms with Gasteiger partial charge in [-0.15, -0.1) is 0 Å². The Balaban J connectivity index is 1.43. The molecule has 0 bridgehead atoms. The van der Waals surface area contributed by atoms with Crippen molar-refractivity contribution in [2.45, 2.75) is 63.5 Å². The molecule has 3 aliphatic rings. The monoisotopic (exact) mass is 279 g/mol. The van der Waals surface area contributed by atoms with Crippen LogP contribution in [0.4, 0.5) is 0 Å². The summed E-state index contributed by atoms with van der Waals surface area (Å²) < 4.78 is 0. The average Bonchev–Trinajstić information content (AvgIpc) is 2.97. The van der Waals surface area contributed by atoms with Crippen molar-refractivity contribution < 1.29 is 4.79 Å². The van der Waals surface area contributed by atoms with E-state index in [2.05, 4.69) is 15.5 Å². The molecule has 2 aliphatic heterocycles. The van der Waals surface area contributed by atoms with Gasteiger partial charge in [0.05, 0.1) is 5.92 Å². The maximum atomic E-state index is 12.3. The smallest absolute Gasteiger partial charge is 0.224 e. The molecule has 2 unspecified atom stereocenters. The molecule has 3 fully saturated rings. The zero-order valence-corrected chi connectivity index (χ0v) is 12.6. The number of nitrogens with one attached hydrogen (secondary N) is 2. The summed E-state index contributed by atoms with van der Waals surface area (Å²) in [6.45, 7) is 4.20. The van der Waals surface area contributed by atoms with Crippen LogP contribution in [0.5, 0.6) is 0 Å². The second-order valence-corrected chi connectivity index (χ2v) is 6.82. The Bertz CT molecular complexity index is 322. The average molecular weight is 279 g/mol. The second kappa shape index (κ2) is 6.90. The van der Waals surface area contributed by atoms with E-state index in [0.29, 0.717) is 6.04 Å². The first-order chi connectivity index (χ1) is 9.83. The topological polar surface area (TPSA) is 44.4 Å². The molecular weight excluding hydrogens is 250 g/mol. The first kappa shape index (κ1) is 14.3. The second-order valence-electron chi connectivity index (χ2n) is 6.82. The Morgan fingerprint density at radius 2 is 1.90 bits per heavy atom. The van der Waals surface area contributed by atoms with Gasteiger partial charge in [0.1, 0.15) is 0 Å². The van der Waals surface area contributed by atoms with Crippen LogP contribution in [0.3, 0.4) is 0 Å². The highest BCUT2D eigenvalue weighted by atomic mass is 16.2. The normalized spacial score (nSPS) is 33.2. The van der Waals surface area contributed by atoms with Gasteiger partial charge in [0, 0.05) is 31.7 Å². The molecule has 2 heterocycles. The predicted octanol–water partition coefficient (Wildman–Crippen LogP) is 1.51. The van der Waals surface area contributed by atoms with E-state index in [1.165, 1.54) is 38.6 Å². The minimum Gasteiger partial charge on any atom is -0.352 e. The predicted molar refractivity (Wildman–Crippen MR) is 80.6 cm³/mol. The fraction of sp³-hybridized carbons (Fsp3) is 0.938. The van der Waals surface area contributed by atoms with Crippen LogP contribution in [0.15, 0.2) is 0 Å². The maximum Gasteiger partial charge on any atom is 0.224 e. The van der Waals surface area contributed by atoms with E-state index in [4.69, 9.17) is 0 Å². The first-order valence-electron chi connectivity index (χ1n) is 8.58. The number of likely N-dealkylation sites (tertiary alicyclic amines) is 1. The van der Waals surface area contributed by atoms with Crippen molar-refractivity contribution in [1.29, 1.82) is 0 Å². The van der Waals surface area contributed by atoms with Crippen LogP contribution in [-0.2, 0) is 4.79 Å². The molecule has 1 amide bonds. The lowest BCUT2D eigenvalue weighted by Crippen LogP contribution is -2.46. The molecule has 0 aromatic carbocycles. The summed E-state index contributed by atoms with van der Waals surface area (Å²) in [4.78, 5) is 14.9. The highest BCUT2D eigenvalue weighted by Crippen LogP contribution is 2.25. The van der Waals surface area contributed by atoms with Gasteiger partial charge in [0.25, 0.3) is 0 Å². The Hall–Kier alpha value is -0.610. The summed E-state index contributed by atoms with van der Waals surface area (Å²) in [6.07, 6.45) is 10.3. The number of hydrogen-bond acceptors (Lipinski definition) is 3. The molecule has 1 aliphatic carbocycles. The Labute approximate surface area is 122 Å². The van der Waals surface area contributed by atoms with Crippen LogP contribution in [-0.4, -0.2) is 49.1 Å². The van der Waals surface area contributed by atoms with E-state index in [0.717, 1.165) is 44.9 Å². The van der Waals surface area contributed by atoms with Crippen molar-refractivity contribution in [1.82, 2.24) is 15.5 Å². The summed E-state index contributed by atoms with van der Waals surface area (Å²) in [6, 6.07) is 1.19. The molecule has 4 nitrogen and oxygen atoms in total. The minimum atomic E-state index is 0.201. The Morgan fingerprint density at radius 3 is 2.65 bits per heavy atom. The third-order valence-corrected chi connectivity index (χ3v) is 5.32. The van der Waals surface area contributed by atoms with Gasteiger partial charge in [0.15, 0.2) is 0 Å². The number of nitrogens with zero attached hydrogens (tertiary/aromatic N) is 1. The van der Waals surface area contributed by atoms with Gasteiger partial charge in [-0.3, -0.25) is 9.69 Å². The molecule has 1 saturated carbocycles. The van der Waals surface area contributed by atoms with Gasteiger partial charge < -0.3 is 10.6 Å². The van der Waals surface area contributed by atoms with Crippen molar-refractivity contribution in [3.05, 3.63) is 0 Å². The molecule has 114 valence electrons. The third kappa shape index (κ3) is 3.53. The van der Waals surface area contributed by atoms with Gasteiger partial charge in [-0.25, -0.2) is 0 Å². The van der Waals surface area contributed by atoms with Gasteiger partial charge >= 0.3 is 0 Å². The highest BCUT2D eigenvalue weighted by molar-refractivity contribution is 5.79. The molecule has 2 saturated heterocycles. The van der Waals surface area contributed by atoms with Crippen LogP contribution in [0.25, 0.3) is 0 Å². The van der Waals surface area contributed by atoms with E-state index < -0.39 is 0 Å². The van der Waals surface area contributed by atoms with Crippen molar-refractivity contribution in [2.75, 3.05) is 26.2 Å². The van der Waals surface area contributed by atoms with Crippen LogP contribution in [0, 0.1) is 5.92 Å². The van der Waals surface area contributed by atoms with E-state index in [1.54, 1.807) is 0 Å². The molecule has 4 heteroatoms. The van der Waals surface area contributed by atoms with Crippen LogP contribution in [0.1, 0.15) is 51.4 Å². The van der Waals surface area contributed by atoms with E-state index in [9.17, 15) is 4.79 Å². The Morgan fingerprint density at radius 1 is 1.05 bits per heavy atom. The lowest BCUT2D eigenvalue weighted by Gasteiger charge is -2.31. The quantitative estimate of drug-likeness (QED) is 0.823. The zero-order valence-electron chi connectivity index (χ0n) is 12.6. The highest BCUT2D eigenvalue weighted by Gasteiger charge is 2.31.